The second-order valence-electron chi connectivity index (χ2n) is 7.42. The number of hydrogen-bond acceptors (Lipinski definition) is 3. The molecular formula is C24H29NO3. The van der Waals surface area contributed by atoms with Gasteiger partial charge in [0.1, 0.15) is 5.75 Å². The van der Waals surface area contributed by atoms with Crippen molar-refractivity contribution in [3.63, 3.8) is 0 Å². The maximum atomic E-state index is 12.7. The molecule has 0 bridgehead atoms. The molecule has 2 aromatic carbocycles. The number of likely N-dealkylation sites (tertiary alicyclic amines) is 1. The molecule has 0 aliphatic carbocycles. The van der Waals surface area contributed by atoms with Gasteiger partial charge in [-0.1, -0.05) is 31.2 Å². The van der Waals surface area contributed by atoms with Crippen molar-refractivity contribution in [2.24, 2.45) is 5.92 Å². The van der Waals surface area contributed by atoms with Crippen LogP contribution in [0.4, 0.5) is 0 Å². The predicted octanol–water partition coefficient (Wildman–Crippen LogP) is 4.31. The Morgan fingerprint density at radius 3 is 2.14 bits per heavy atom. The second-order valence-corrected chi connectivity index (χ2v) is 7.42. The van der Waals surface area contributed by atoms with Crippen LogP contribution in [0.3, 0.4) is 0 Å². The van der Waals surface area contributed by atoms with Gasteiger partial charge in [-0.2, -0.15) is 0 Å². The third-order valence-corrected chi connectivity index (χ3v) is 5.65. The summed E-state index contributed by atoms with van der Waals surface area (Å²) < 4.78 is 5.15. The number of ketones is 1. The molecule has 1 fully saturated rings. The van der Waals surface area contributed by atoms with Crippen LogP contribution in [-0.4, -0.2) is 36.8 Å². The smallest absolute Gasteiger partial charge is 0.222 e. The van der Waals surface area contributed by atoms with Gasteiger partial charge in [-0.05, 0) is 61.1 Å². The van der Waals surface area contributed by atoms with Crippen LogP contribution in [0, 0.1) is 5.92 Å². The van der Waals surface area contributed by atoms with E-state index in [2.05, 4.69) is 31.2 Å². The number of amides is 1. The number of piperidine rings is 1. The van der Waals surface area contributed by atoms with Gasteiger partial charge < -0.3 is 9.64 Å². The molecule has 2 aromatic rings. The molecule has 0 spiro atoms. The summed E-state index contributed by atoms with van der Waals surface area (Å²) in [5.74, 6) is 1.11. The molecule has 1 heterocycles. The Morgan fingerprint density at radius 1 is 0.964 bits per heavy atom. The van der Waals surface area contributed by atoms with E-state index in [1.54, 1.807) is 7.11 Å². The lowest BCUT2D eigenvalue weighted by Crippen LogP contribution is -2.40. The van der Waals surface area contributed by atoms with Crippen LogP contribution in [0.5, 0.6) is 5.75 Å². The van der Waals surface area contributed by atoms with Crippen molar-refractivity contribution < 1.29 is 14.3 Å². The average molecular weight is 380 g/mol. The van der Waals surface area contributed by atoms with E-state index in [-0.39, 0.29) is 17.6 Å². The lowest BCUT2D eigenvalue weighted by Gasteiger charge is -2.31. The Labute approximate surface area is 167 Å². The number of rotatable bonds is 7. The fourth-order valence-corrected chi connectivity index (χ4v) is 3.73. The minimum Gasteiger partial charge on any atom is -0.497 e. The largest absolute Gasteiger partial charge is 0.497 e. The van der Waals surface area contributed by atoms with E-state index in [1.165, 1.54) is 11.1 Å². The number of aryl methyl sites for hydroxylation is 2. The van der Waals surface area contributed by atoms with Gasteiger partial charge in [-0.3, -0.25) is 9.59 Å². The highest BCUT2D eigenvalue weighted by atomic mass is 16.5. The fraction of sp³-hybridized carbons (Fsp3) is 0.417. The van der Waals surface area contributed by atoms with Crippen molar-refractivity contribution in [3.8, 4) is 5.75 Å². The zero-order valence-electron chi connectivity index (χ0n) is 16.8. The lowest BCUT2D eigenvalue weighted by molar-refractivity contribution is -0.132. The van der Waals surface area contributed by atoms with E-state index < -0.39 is 0 Å². The van der Waals surface area contributed by atoms with E-state index >= 15 is 0 Å². The highest BCUT2D eigenvalue weighted by Gasteiger charge is 2.27. The molecule has 1 aliphatic heterocycles. The number of Topliss-reactive ketones (excluding diaryl/α,β-unsaturated/α-hetero) is 1. The highest BCUT2D eigenvalue weighted by molar-refractivity contribution is 5.98. The van der Waals surface area contributed by atoms with Gasteiger partial charge >= 0.3 is 0 Å². The molecule has 148 valence electrons. The van der Waals surface area contributed by atoms with E-state index in [4.69, 9.17) is 4.74 Å². The standard InChI is InChI=1S/C24H29NO3/c1-3-18-4-6-19(7-5-18)8-13-23(26)25-16-14-21(15-17-25)24(27)20-9-11-22(28-2)12-10-20/h4-7,9-12,21H,3,8,13-17H2,1-2H3. The predicted molar refractivity (Wildman–Crippen MR) is 111 cm³/mol. The van der Waals surface area contributed by atoms with Crippen molar-refractivity contribution in [1.82, 2.24) is 4.90 Å². The molecule has 3 rings (SSSR count). The van der Waals surface area contributed by atoms with Gasteiger partial charge in [0.15, 0.2) is 5.78 Å². The molecule has 0 aromatic heterocycles. The number of methoxy groups -OCH3 is 1. The van der Waals surface area contributed by atoms with Crippen LogP contribution in [0.1, 0.15) is 47.7 Å². The van der Waals surface area contributed by atoms with Crippen molar-refractivity contribution in [1.29, 1.82) is 0 Å². The molecule has 28 heavy (non-hydrogen) atoms. The lowest BCUT2D eigenvalue weighted by atomic mass is 9.88. The van der Waals surface area contributed by atoms with Crippen molar-refractivity contribution in [3.05, 3.63) is 65.2 Å². The maximum Gasteiger partial charge on any atom is 0.222 e. The average Bonchev–Trinajstić information content (AvgIpc) is 2.77. The SMILES string of the molecule is CCc1ccc(CCC(=O)N2CCC(C(=O)c3ccc(OC)cc3)CC2)cc1. The monoisotopic (exact) mass is 379 g/mol. The molecule has 4 heteroatoms. The highest BCUT2D eigenvalue weighted by Crippen LogP contribution is 2.23. The first-order valence-corrected chi connectivity index (χ1v) is 10.1. The molecule has 0 saturated carbocycles. The van der Waals surface area contributed by atoms with Gasteiger partial charge in [0.05, 0.1) is 7.11 Å². The van der Waals surface area contributed by atoms with Gasteiger partial charge in [0.25, 0.3) is 0 Å². The molecule has 4 nitrogen and oxygen atoms in total. The molecule has 1 amide bonds. The Hall–Kier alpha value is -2.62. The van der Waals surface area contributed by atoms with Gasteiger partial charge in [0.2, 0.25) is 5.91 Å². The first-order chi connectivity index (χ1) is 13.6. The molecule has 0 radical (unpaired) electrons. The van der Waals surface area contributed by atoms with E-state index in [1.807, 2.05) is 29.2 Å². The van der Waals surface area contributed by atoms with Crippen LogP contribution in [0.15, 0.2) is 48.5 Å². The number of benzene rings is 2. The summed E-state index contributed by atoms with van der Waals surface area (Å²) in [5.41, 5.74) is 3.25. The van der Waals surface area contributed by atoms with Crippen molar-refractivity contribution in [2.75, 3.05) is 20.2 Å². The van der Waals surface area contributed by atoms with Gasteiger partial charge in [-0.25, -0.2) is 0 Å². The first-order valence-electron chi connectivity index (χ1n) is 10.1. The molecule has 0 unspecified atom stereocenters. The molecule has 1 aliphatic rings. The summed E-state index contributed by atoms with van der Waals surface area (Å²) in [6.07, 6.45) is 3.81. The number of ether oxygens (including phenoxy) is 1. The zero-order chi connectivity index (χ0) is 19.9. The summed E-state index contributed by atoms with van der Waals surface area (Å²) in [7, 11) is 1.61. The van der Waals surface area contributed by atoms with Crippen LogP contribution in [0.25, 0.3) is 0 Å². The number of hydrogen-bond donors (Lipinski definition) is 0. The maximum absolute atomic E-state index is 12.7. The van der Waals surface area contributed by atoms with E-state index in [0.29, 0.717) is 19.5 Å². The van der Waals surface area contributed by atoms with Gasteiger partial charge in [-0.15, -0.1) is 0 Å². The minimum atomic E-state index is -0.000895. The quantitative estimate of drug-likeness (QED) is 0.674. The van der Waals surface area contributed by atoms with Crippen LogP contribution >= 0.6 is 0 Å². The minimum absolute atomic E-state index is 0.000895. The number of carbonyl (C=O) groups excluding carboxylic acids is 2. The third-order valence-electron chi connectivity index (χ3n) is 5.65. The fourth-order valence-electron chi connectivity index (χ4n) is 3.73. The molecular weight excluding hydrogens is 350 g/mol. The van der Waals surface area contributed by atoms with Crippen LogP contribution in [-0.2, 0) is 17.6 Å². The normalized spacial score (nSPS) is 14.7. The Morgan fingerprint density at radius 2 is 1.57 bits per heavy atom. The Kier molecular flexibility index (Phi) is 6.85. The van der Waals surface area contributed by atoms with Crippen LogP contribution in [0.2, 0.25) is 0 Å². The molecule has 0 atom stereocenters. The summed E-state index contributed by atoms with van der Waals surface area (Å²) >= 11 is 0. The van der Waals surface area contributed by atoms with Crippen molar-refractivity contribution >= 4 is 11.7 Å². The summed E-state index contributed by atoms with van der Waals surface area (Å²) in [6, 6.07) is 15.8. The van der Waals surface area contributed by atoms with E-state index in [0.717, 1.165) is 37.0 Å². The van der Waals surface area contributed by atoms with Gasteiger partial charge in [0, 0.05) is 31.0 Å². The summed E-state index contributed by atoms with van der Waals surface area (Å²) in [6.45, 7) is 3.47. The topological polar surface area (TPSA) is 46.6 Å². The van der Waals surface area contributed by atoms with Crippen LogP contribution < -0.4 is 4.74 Å². The summed E-state index contributed by atoms with van der Waals surface area (Å²) in [4.78, 5) is 27.1. The second kappa shape index (κ2) is 9.54. The Bertz CT molecular complexity index is 788. The number of carbonyl (C=O) groups is 2. The van der Waals surface area contributed by atoms with E-state index in [9.17, 15) is 9.59 Å². The number of nitrogens with zero attached hydrogens (tertiary/aromatic N) is 1. The third kappa shape index (κ3) is 5.00. The summed E-state index contributed by atoms with van der Waals surface area (Å²) in [5, 5.41) is 0. The Balaban J connectivity index is 1.47. The zero-order valence-corrected chi connectivity index (χ0v) is 16.8. The molecule has 0 N–H and O–H groups in total. The van der Waals surface area contributed by atoms with Crippen molar-refractivity contribution in [2.45, 2.75) is 39.0 Å². The molecule has 1 saturated heterocycles. The first kappa shape index (κ1) is 20.1.